The zero-order chi connectivity index (χ0) is 19.1. The third-order valence-electron chi connectivity index (χ3n) is 5.75. The molecular formula is C19H23N7OS. The molecule has 1 fully saturated rings. The highest BCUT2D eigenvalue weighted by atomic mass is 32.1. The summed E-state index contributed by atoms with van der Waals surface area (Å²) in [6.45, 7) is 3.90. The fourth-order valence-corrected chi connectivity index (χ4v) is 5.23. The molecular weight excluding hydrogens is 374 g/mol. The van der Waals surface area contributed by atoms with Crippen LogP contribution in [0.5, 0.6) is 0 Å². The number of rotatable bonds is 3. The van der Waals surface area contributed by atoms with Crippen LogP contribution in [-0.2, 0) is 17.6 Å². The van der Waals surface area contributed by atoms with Crippen molar-refractivity contribution in [2.75, 3.05) is 23.3 Å². The number of hydrogen-bond donors (Lipinski definition) is 1. The van der Waals surface area contributed by atoms with E-state index in [1.54, 1.807) is 22.2 Å². The zero-order valence-electron chi connectivity index (χ0n) is 15.8. The van der Waals surface area contributed by atoms with Gasteiger partial charge in [-0.1, -0.05) is 6.92 Å². The van der Waals surface area contributed by atoms with Crippen molar-refractivity contribution in [2.24, 2.45) is 11.8 Å². The first-order chi connectivity index (χ1) is 13.7. The molecule has 1 amide bonds. The average molecular weight is 398 g/mol. The number of thiazole rings is 1. The number of anilines is 2. The largest absolute Gasteiger partial charge is 0.355 e. The SMILES string of the molecule is C[C@H]1CCc2nc(NC(=O)C3CCN(c4ccc5nncn5n4)CC3)sc2C1. The van der Waals surface area contributed by atoms with Crippen LogP contribution in [0.1, 0.15) is 36.8 Å². The van der Waals surface area contributed by atoms with Gasteiger partial charge in [-0.15, -0.1) is 26.6 Å². The maximum Gasteiger partial charge on any atom is 0.229 e. The van der Waals surface area contributed by atoms with Gasteiger partial charge < -0.3 is 10.2 Å². The van der Waals surface area contributed by atoms with Gasteiger partial charge >= 0.3 is 0 Å². The molecule has 3 aromatic rings. The van der Waals surface area contributed by atoms with Gasteiger partial charge in [-0.3, -0.25) is 4.79 Å². The number of nitrogens with one attached hydrogen (secondary N) is 1. The second-order valence-corrected chi connectivity index (χ2v) is 8.90. The van der Waals surface area contributed by atoms with Crippen molar-refractivity contribution in [3.63, 3.8) is 0 Å². The molecule has 1 aliphatic heterocycles. The zero-order valence-corrected chi connectivity index (χ0v) is 16.7. The number of aromatic nitrogens is 5. The average Bonchev–Trinajstić information content (AvgIpc) is 3.33. The van der Waals surface area contributed by atoms with Gasteiger partial charge in [0.05, 0.1) is 5.69 Å². The molecule has 4 heterocycles. The van der Waals surface area contributed by atoms with E-state index < -0.39 is 0 Å². The normalized spacial score (nSPS) is 20.3. The van der Waals surface area contributed by atoms with Gasteiger partial charge in [0.2, 0.25) is 5.91 Å². The van der Waals surface area contributed by atoms with Crippen LogP contribution >= 0.6 is 11.3 Å². The van der Waals surface area contributed by atoms with Gasteiger partial charge in [0.15, 0.2) is 10.8 Å². The minimum absolute atomic E-state index is 0.0229. The molecule has 28 heavy (non-hydrogen) atoms. The molecule has 0 unspecified atom stereocenters. The molecule has 0 spiro atoms. The number of amides is 1. The van der Waals surface area contributed by atoms with Crippen LogP contribution in [0.4, 0.5) is 10.9 Å². The lowest BCUT2D eigenvalue weighted by Crippen LogP contribution is -2.38. The quantitative estimate of drug-likeness (QED) is 0.731. The lowest BCUT2D eigenvalue weighted by molar-refractivity contribution is -0.120. The summed E-state index contributed by atoms with van der Waals surface area (Å²) in [6, 6.07) is 3.88. The van der Waals surface area contributed by atoms with E-state index in [4.69, 9.17) is 0 Å². The van der Waals surface area contributed by atoms with E-state index >= 15 is 0 Å². The van der Waals surface area contributed by atoms with Crippen molar-refractivity contribution < 1.29 is 4.79 Å². The molecule has 1 saturated heterocycles. The molecule has 3 aromatic heterocycles. The van der Waals surface area contributed by atoms with E-state index in [0.717, 1.165) is 55.4 Å². The smallest absolute Gasteiger partial charge is 0.229 e. The number of nitrogens with zero attached hydrogens (tertiary/aromatic N) is 6. The fraction of sp³-hybridized carbons (Fsp3) is 0.526. The maximum atomic E-state index is 12.7. The summed E-state index contributed by atoms with van der Waals surface area (Å²) in [5.41, 5.74) is 1.92. The van der Waals surface area contributed by atoms with Crippen LogP contribution in [0, 0.1) is 11.8 Å². The molecule has 1 atom stereocenters. The summed E-state index contributed by atoms with van der Waals surface area (Å²) in [4.78, 5) is 20.9. The minimum atomic E-state index is 0.0229. The van der Waals surface area contributed by atoms with Crippen LogP contribution < -0.4 is 10.2 Å². The Bertz CT molecular complexity index is 1000. The van der Waals surface area contributed by atoms with Crippen molar-refractivity contribution in [1.29, 1.82) is 0 Å². The number of fused-ring (bicyclic) bond motifs is 2. The molecule has 0 radical (unpaired) electrons. The highest BCUT2D eigenvalue weighted by Crippen LogP contribution is 2.32. The number of piperidine rings is 1. The van der Waals surface area contributed by atoms with Crippen LogP contribution in [0.25, 0.3) is 5.65 Å². The Morgan fingerprint density at radius 2 is 2.11 bits per heavy atom. The number of hydrogen-bond acceptors (Lipinski definition) is 7. The molecule has 146 valence electrons. The first-order valence-electron chi connectivity index (χ1n) is 9.87. The lowest BCUT2D eigenvalue weighted by Gasteiger charge is -2.31. The van der Waals surface area contributed by atoms with E-state index in [9.17, 15) is 4.79 Å². The summed E-state index contributed by atoms with van der Waals surface area (Å²) < 4.78 is 1.68. The minimum Gasteiger partial charge on any atom is -0.355 e. The van der Waals surface area contributed by atoms with Crippen molar-refractivity contribution in [3.05, 3.63) is 29.0 Å². The van der Waals surface area contributed by atoms with Crippen molar-refractivity contribution >= 4 is 33.8 Å². The molecule has 8 nitrogen and oxygen atoms in total. The van der Waals surface area contributed by atoms with E-state index in [-0.39, 0.29) is 11.8 Å². The number of carbonyl (C=O) groups excluding carboxylic acids is 1. The Balaban J connectivity index is 1.20. The van der Waals surface area contributed by atoms with Gasteiger partial charge in [-0.05, 0) is 50.2 Å². The maximum absolute atomic E-state index is 12.7. The first-order valence-corrected chi connectivity index (χ1v) is 10.7. The molecule has 0 bridgehead atoms. The van der Waals surface area contributed by atoms with Crippen molar-refractivity contribution in [1.82, 2.24) is 24.8 Å². The summed E-state index contributed by atoms with van der Waals surface area (Å²) in [5, 5.41) is 16.2. The van der Waals surface area contributed by atoms with Crippen molar-refractivity contribution in [3.8, 4) is 0 Å². The molecule has 1 N–H and O–H groups in total. The van der Waals surface area contributed by atoms with E-state index in [1.807, 2.05) is 12.1 Å². The van der Waals surface area contributed by atoms with E-state index in [1.165, 1.54) is 17.0 Å². The van der Waals surface area contributed by atoms with Gasteiger partial charge in [0.1, 0.15) is 12.1 Å². The van der Waals surface area contributed by atoms with Crippen LogP contribution in [0.3, 0.4) is 0 Å². The monoisotopic (exact) mass is 397 g/mol. The molecule has 9 heteroatoms. The summed E-state index contributed by atoms with van der Waals surface area (Å²) in [6.07, 6.45) is 6.55. The second kappa shape index (κ2) is 7.12. The van der Waals surface area contributed by atoms with Crippen LogP contribution in [0.2, 0.25) is 0 Å². The molecule has 2 aliphatic rings. The Labute approximate surface area is 167 Å². The predicted molar refractivity (Wildman–Crippen MR) is 108 cm³/mol. The summed E-state index contributed by atoms with van der Waals surface area (Å²) in [7, 11) is 0. The predicted octanol–water partition coefficient (Wildman–Crippen LogP) is 2.56. The van der Waals surface area contributed by atoms with Gasteiger partial charge in [0, 0.05) is 23.9 Å². The Hall–Kier alpha value is -2.55. The second-order valence-electron chi connectivity index (χ2n) is 7.81. The molecule has 0 aromatic carbocycles. The van der Waals surface area contributed by atoms with Crippen LogP contribution in [0.15, 0.2) is 18.5 Å². The Morgan fingerprint density at radius 3 is 2.96 bits per heavy atom. The fourth-order valence-electron chi connectivity index (χ4n) is 4.06. The number of carbonyl (C=O) groups is 1. The van der Waals surface area contributed by atoms with Crippen molar-refractivity contribution in [2.45, 2.75) is 39.0 Å². The topological polar surface area (TPSA) is 88.3 Å². The highest BCUT2D eigenvalue weighted by Gasteiger charge is 2.27. The Morgan fingerprint density at radius 1 is 1.25 bits per heavy atom. The third kappa shape index (κ3) is 3.34. The van der Waals surface area contributed by atoms with Crippen LogP contribution in [-0.4, -0.2) is 43.8 Å². The Kier molecular flexibility index (Phi) is 4.46. The highest BCUT2D eigenvalue weighted by molar-refractivity contribution is 7.15. The van der Waals surface area contributed by atoms with Gasteiger partial charge in [-0.25, -0.2) is 4.98 Å². The first kappa shape index (κ1) is 17.5. The van der Waals surface area contributed by atoms with Gasteiger partial charge in [0.25, 0.3) is 0 Å². The number of aryl methyl sites for hydroxylation is 1. The standard InChI is InChI=1S/C19H23N7OS/c1-12-2-3-14-15(10-12)28-19(21-14)22-18(27)13-6-8-25(9-7-13)17-5-4-16-23-20-11-26(16)24-17/h4-5,11-13H,2-3,6-10H2,1H3,(H,21,22,27)/t12-/m0/s1. The van der Waals surface area contributed by atoms with Gasteiger partial charge in [-0.2, -0.15) is 4.52 Å². The third-order valence-corrected chi connectivity index (χ3v) is 6.79. The summed E-state index contributed by atoms with van der Waals surface area (Å²) >= 11 is 1.65. The molecule has 5 rings (SSSR count). The van der Waals surface area contributed by atoms with E-state index in [2.05, 4.69) is 37.4 Å². The molecule has 1 aliphatic carbocycles. The lowest BCUT2D eigenvalue weighted by atomic mass is 9.93. The summed E-state index contributed by atoms with van der Waals surface area (Å²) in [5.74, 6) is 1.73. The molecule has 0 saturated carbocycles. The van der Waals surface area contributed by atoms with E-state index in [0.29, 0.717) is 5.92 Å².